The zero-order valence-electron chi connectivity index (χ0n) is 16.5. The third-order valence-corrected chi connectivity index (χ3v) is 5.43. The van der Waals surface area contributed by atoms with Crippen molar-refractivity contribution in [2.75, 3.05) is 24.5 Å². The van der Waals surface area contributed by atoms with E-state index in [0.29, 0.717) is 6.42 Å². The summed E-state index contributed by atoms with van der Waals surface area (Å²) in [5.74, 6) is -1.41. The van der Waals surface area contributed by atoms with E-state index in [1.807, 2.05) is 54.7 Å². The summed E-state index contributed by atoms with van der Waals surface area (Å²) in [7, 11) is 2.03. The van der Waals surface area contributed by atoms with Crippen LogP contribution in [0.2, 0.25) is 0 Å². The van der Waals surface area contributed by atoms with Gasteiger partial charge in [-0.25, -0.2) is 9.78 Å². The number of likely N-dealkylation sites (tertiary alicyclic amines) is 1. The summed E-state index contributed by atoms with van der Waals surface area (Å²) in [5, 5.41) is 7.12. The van der Waals surface area contributed by atoms with Crippen LogP contribution >= 0.6 is 0 Å². The van der Waals surface area contributed by atoms with Crippen molar-refractivity contribution in [3.63, 3.8) is 0 Å². The average Bonchev–Trinajstić information content (AvgIpc) is 3.36. The zero-order valence-corrected chi connectivity index (χ0v) is 16.5. The van der Waals surface area contributed by atoms with Crippen LogP contribution in [0.5, 0.6) is 0 Å². The lowest BCUT2D eigenvalue weighted by Crippen LogP contribution is -2.31. The molecule has 1 aromatic carbocycles. The van der Waals surface area contributed by atoms with Gasteiger partial charge in [0.2, 0.25) is 5.91 Å². The Labute approximate surface area is 171 Å². The summed E-state index contributed by atoms with van der Waals surface area (Å²) >= 11 is 0. The number of hydrogen-bond donors (Lipinski definition) is 1. The third kappa shape index (κ3) is 4.99. The third-order valence-electron chi connectivity index (χ3n) is 5.43. The second kappa shape index (κ2) is 8.47. The second-order valence-electron chi connectivity index (χ2n) is 7.71. The Bertz CT molecular complexity index is 900. The number of benzene rings is 1. The summed E-state index contributed by atoms with van der Waals surface area (Å²) in [5.41, 5.74) is 1.13. The van der Waals surface area contributed by atoms with Gasteiger partial charge in [-0.3, -0.25) is 9.69 Å². The van der Waals surface area contributed by atoms with E-state index in [0.717, 1.165) is 44.1 Å². The molecule has 0 radical (unpaired) electrons. The lowest BCUT2D eigenvalue weighted by atomic mass is 9.86. The highest BCUT2D eigenvalue weighted by atomic mass is 19.4. The van der Waals surface area contributed by atoms with E-state index in [1.165, 1.54) is 0 Å². The number of nitrogens with zero attached hydrogens (tertiary/aromatic N) is 4. The van der Waals surface area contributed by atoms with Crippen molar-refractivity contribution in [2.45, 2.75) is 25.6 Å². The largest absolute Gasteiger partial charge is 0.490 e. The van der Waals surface area contributed by atoms with E-state index in [1.54, 1.807) is 0 Å². The van der Waals surface area contributed by atoms with Gasteiger partial charge >= 0.3 is 12.1 Å². The van der Waals surface area contributed by atoms with Gasteiger partial charge in [-0.15, -0.1) is 0 Å². The van der Waals surface area contributed by atoms with Gasteiger partial charge in [0, 0.05) is 50.1 Å². The molecule has 2 aliphatic rings. The number of carbonyl (C=O) groups is 2. The molecule has 2 aliphatic heterocycles. The van der Waals surface area contributed by atoms with E-state index >= 15 is 0 Å². The molecular weight excluding hydrogens is 401 g/mol. The molecule has 1 amide bonds. The Morgan fingerprint density at radius 2 is 1.90 bits per heavy atom. The van der Waals surface area contributed by atoms with Crippen molar-refractivity contribution in [2.24, 2.45) is 12.5 Å². The Hall–Kier alpha value is -2.88. The molecular formula is C20H23F3N4O3. The smallest absolute Gasteiger partial charge is 0.475 e. The topological polar surface area (TPSA) is 78.7 Å². The number of hydrogen-bond acceptors (Lipinski definition) is 4. The number of anilines is 1. The zero-order chi connectivity index (χ0) is 21.9. The standard InChI is InChI=1S/C18H22N4O.C2HF3O2/c1-20-10-8-19-16(20)12-21-9-7-18(13-21)11-17(23)22(14-18)15-5-3-2-4-6-15;3-2(4,5)1(6)7/h2-6,8,10H,7,9,11-14H2,1H3;(H,6,7). The SMILES string of the molecule is Cn1ccnc1CN1CCC2(CC(=O)N(c3ccccc3)C2)C1.O=C(O)C(F)(F)F. The predicted molar refractivity (Wildman–Crippen MR) is 103 cm³/mol. The predicted octanol–water partition coefficient (Wildman–Crippen LogP) is 2.68. The van der Waals surface area contributed by atoms with E-state index in [9.17, 15) is 18.0 Å². The van der Waals surface area contributed by atoms with Crippen molar-refractivity contribution >= 4 is 17.6 Å². The van der Waals surface area contributed by atoms with Crippen LogP contribution in [-0.4, -0.2) is 57.2 Å². The molecule has 1 aromatic heterocycles. The quantitative estimate of drug-likeness (QED) is 0.820. The number of carboxylic acids is 1. The molecule has 2 saturated heterocycles. The lowest BCUT2D eigenvalue weighted by molar-refractivity contribution is -0.192. The monoisotopic (exact) mass is 424 g/mol. The Balaban J connectivity index is 0.000000318. The first kappa shape index (κ1) is 21.8. The van der Waals surface area contributed by atoms with E-state index < -0.39 is 12.1 Å². The molecule has 0 aliphatic carbocycles. The van der Waals surface area contributed by atoms with Crippen molar-refractivity contribution in [1.29, 1.82) is 0 Å². The second-order valence-corrected chi connectivity index (χ2v) is 7.71. The van der Waals surface area contributed by atoms with E-state index in [4.69, 9.17) is 9.90 Å². The number of rotatable bonds is 3. The number of para-hydroxylation sites is 1. The van der Waals surface area contributed by atoms with E-state index in [-0.39, 0.29) is 11.3 Å². The highest BCUT2D eigenvalue weighted by molar-refractivity contribution is 5.96. The van der Waals surface area contributed by atoms with Crippen LogP contribution < -0.4 is 4.90 Å². The Morgan fingerprint density at radius 1 is 1.23 bits per heavy atom. The number of carboxylic acid groups (broad SMARTS) is 1. The van der Waals surface area contributed by atoms with Crippen molar-refractivity contribution in [1.82, 2.24) is 14.5 Å². The molecule has 0 saturated carbocycles. The Kier molecular flexibility index (Phi) is 6.16. The fraction of sp³-hybridized carbons (Fsp3) is 0.450. The highest BCUT2D eigenvalue weighted by Gasteiger charge is 2.47. The molecule has 3 heterocycles. The van der Waals surface area contributed by atoms with Crippen LogP contribution in [0.25, 0.3) is 0 Å². The van der Waals surface area contributed by atoms with Crippen LogP contribution in [0.15, 0.2) is 42.7 Å². The van der Waals surface area contributed by atoms with Gasteiger partial charge in [0.25, 0.3) is 0 Å². The number of carbonyl (C=O) groups excluding carboxylic acids is 1. The highest BCUT2D eigenvalue weighted by Crippen LogP contribution is 2.42. The molecule has 1 unspecified atom stereocenters. The molecule has 2 aromatic rings. The number of aromatic nitrogens is 2. The van der Waals surface area contributed by atoms with Gasteiger partial charge in [0.1, 0.15) is 5.82 Å². The number of amides is 1. The molecule has 0 bridgehead atoms. The van der Waals surface area contributed by atoms with Gasteiger partial charge in [-0.2, -0.15) is 13.2 Å². The van der Waals surface area contributed by atoms with Gasteiger partial charge in [-0.1, -0.05) is 18.2 Å². The van der Waals surface area contributed by atoms with Gasteiger partial charge < -0.3 is 14.6 Å². The lowest BCUT2D eigenvalue weighted by Gasteiger charge is -2.24. The van der Waals surface area contributed by atoms with Crippen molar-refractivity contribution in [3.8, 4) is 0 Å². The number of aryl methyl sites for hydroxylation is 1. The minimum atomic E-state index is -5.08. The molecule has 30 heavy (non-hydrogen) atoms. The number of alkyl halides is 3. The maximum Gasteiger partial charge on any atom is 0.490 e. The first-order valence-electron chi connectivity index (χ1n) is 9.44. The average molecular weight is 424 g/mol. The van der Waals surface area contributed by atoms with Crippen LogP contribution in [0, 0.1) is 5.41 Å². The van der Waals surface area contributed by atoms with E-state index in [2.05, 4.69) is 14.5 Å². The van der Waals surface area contributed by atoms with Crippen LogP contribution in [0.4, 0.5) is 18.9 Å². The molecule has 4 rings (SSSR count). The fourth-order valence-corrected chi connectivity index (χ4v) is 3.92. The first-order valence-corrected chi connectivity index (χ1v) is 9.44. The summed E-state index contributed by atoms with van der Waals surface area (Å²) in [6.07, 6.45) is 0.500. The molecule has 162 valence electrons. The maximum absolute atomic E-state index is 12.5. The number of imidazole rings is 1. The molecule has 1 atom stereocenters. The minimum absolute atomic E-state index is 0.109. The summed E-state index contributed by atoms with van der Waals surface area (Å²) in [6, 6.07) is 10.0. The summed E-state index contributed by atoms with van der Waals surface area (Å²) < 4.78 is 33.8. The van der Waals surface area contributed by atoms with Gasteiger partial charge in [0.15, 0.2) is 0 Å². The molecule has 1 spiro atoms. The molecule has 7 nitrogen and oxygen atoms in total. The summed E-state index contributed by atoms with van der Waals surface area (Å²) in [4.78, 5) is 30.2. The van der Waals surface area contributed by atoms with Crippen molar-refractivity contribution < 1.29 is 27.9 Å². The van der Waals surface area contributed by atoms with Gasteiger partial charge in [0.05, 0.1) is 6.54 Å². The van der Waals surface area contributed by atoms with Crippen LogP contribution in [-0.2, 0) is 23.2 Å². The molecule has 10 heteroatoms. The van der Waals surface area contributed by atoms with Crippen LogP contribution in [0.1, 0.15) is 18.7 Å². The Morgan fingerprint density at radius 3 is 2.47 bits per heavy atom. The molecule has 2 fully saturated rings. The number of aliphatic carboxylic acids is 1. The maximum atomic E-state index is 12.5. The normalized spacial score (nSPS) is 21.7. The van der Waals surface area contributed by atoms with Gasteiger partial charge in [-0.05, 0) is 25.1 Å². The van der Waals surface area contributed by atoms with Crippen LogP contribution in [0.3, 0.4) is 0 Å². The first-order chi connectivity index (χ1) is 14.1. The van der Waals surface area contributed by atoms with Crippen molar-refractivity contribution in [3.05, 3.63) is 48.5 Å². The fourth-order valence-electron chi connectivity index (χ4n) is 3.92. The number of halogens is 3. The summed E-state index contributed by atoms with van der Waals surface area (Å²) in [6.45, 7) is 3.73. The minimum Gasteiger partial charge on any atom is -0.475 e. The molecule has 1 N–H and O–H groups in total.